The summed E-state index contributed by atoms with van der Waals surface area (Å²) in [7, 11) is 1.73. The fraction of sp³-hybridized carbons (Fsp3) is 0.750. The van der Waals surface area contributed by atoms with Gasteiger partial charge in [-0.1, -0.05) is 20.8 Å². The Morgan fingerprint density at radius 2 is 2.25 bits per heavy atom. The molecule has 1 rings (SSSR count). The molecule has 0 spiro atoms. The Bertz CT molecular complexity index is 296. The van der Waals surface area contributed by atoms with Crippen molar-refractivity contribution >= 4 is 5.95 Å². The standard InChI is InChI=1S/C12H23N3O/c1-5-11(9-16-4)14-12-13-6-7-15(12)8-10(2)3/h6-7,10-11H,5,8-9H2,1-4H3,(H,13,14). The van der Waals surface area contributed by atoms with E-state index in [1.807, 2.05) is 12.4 Å². The molecule has 0 saturated carbocycles. The van der Waals surface area contributed by atoms with Gasteiger partial charge in [0.1, 0.15) is 0 Å². The molecule has 0 bridgehead atoms. The van der Waals surface area contributed by atoms with Crippen molar-refractivity contribution in [1.82, 2.24) is 9.55 Å². The maximum atomic E-state index is 5.17. The molecule has 1 N–H and O–H groups in total. The summed E-state index contributed by atoms with van der Waals surface area (Å²) >= 11 is 0. The van der Waals surface area contributed by atoms with Crippen LogP contribution in [0.5, 0.6) is 0 Å². The molecule has 1 unspecified atom stereocenters. The van der Waals surface area contributed by atoms with Crippen LogP contribution in [0, 0.1) is 5.92 Å². The van der Waals surface area contributed by atoms with Gasteiger partial charge in [-0.2, -0.15) is 0 Å². The average Bonchev–Trinajstić information content (AvgIpc) is 2.64. The Labute approximate surface area is 98.0 Å². The van der Waals surface area contributed by atoms with Crippen LogP contribution in [0.2, 0.25) is 0 Å². The molecule has 4 nitrogen and oxygen atoms in total. The Morgan fingerprint density at radius 3 is 2.81 bits per heavy atom. The van der Waals surface area contributed by atoms with Gasteiger partial charge in [0.15, 0.2) is 0 Å². The molecule has 0 radical (unpaired) electrons. The van der Waals surface area contributed by atoms with Crippen LogP contribution in [0.4, 0.5) is 5.95 Å². The maximum Gasteiger partial charge on any atom is 0.203 e. The Hall–Kier alpha value is -1.03. The molecule has 0 aliphatic carbocycles. The van der Waals surface area contributed by atoms with Crippen molar-refractivity contribution in [2.24, 2.45) is 5.92 Å². The van der Waals surface area contributed by atoms with Gasteiger partial charge in [0.05, 0.1) is 12.6 Å². The molecule has 16 heavy (non-hydrogen) atoms. The number of hydrogen-bond acceptors (Lipinski definition) is 3. The largest absolute Gasteiger partial charge is 0.383 e. The fourth-order valence-electron chi connectivity index (χ4n) is 1.64. The van der Waals surface area contributed by atoms with E-state index in [4.69, 9.17) is 4.74 Å². The van der Waals surface area contributed by atoms with Gasteiger partial charge in [-0.15, -0.1) is 0 Å². The van der Waals surface area contributed by atoms with E-state index in [2.05, 4.69) is 35.6 Å². The van der Waals surface area contributed by atoms with Gasteiger partial charge in [-0.3, -0.25) is 0 Å². The lowest BCUT2D eigenvalue weighted by molar-refractivity contribution is 0.184. The number of ether oxygens (including phenoxy) is 1. The van der Waals surface area contributed by atoms with Crippen molar-refractivity contribution < 1.29 is 4.74 Å². The highest BCUT2D eigenvalue weighted by molar-refractivity contribution is 5.27. The van der Waals surface area contributed by atoms with Crippen molar-refractivity contribution in [3.05, 3.63) is 12.4 Å². The number of rotatable bonds is 7. The number of nitrogens with zero attached hydrogens (tertiary/aromatic N) is 2. The number of anilines is 1. The quantitative estimate of drug-likeness (QED) is 0.774. The number of methoxy groups -OCH3 is 1. The molecule has 92 valence electrons. The van der Waals surface area contributed by atoms with Crippen LogP contribution < -0.4 is 5.32 Å². The number of aromatic nitrogens is 2. The van der Waals surface area contributed by atoms with Gasteiger partial charge in [-0.05, 0) is 12.3 Å². The highest BCUT2D eigenvalue weighted by atomic mass is 16.5. The summed E-state index contributed by atoms with van der Waals surface area (Å²) in [6.45, 7) is 8.26. The van der Waals surface area contributed by atoms with Gasteiger partial charge < -0.3 is 14.6 Å². The predicted molar refractivity (Wildman–Crippen MR) is 66.6 cm³/mol. The molecule has 0 aromatic carbocycles. The zero-order chi connectivity index (χ0) is 12.0. The van der Waals surface area contributed by atoms with Gasteiger partial charge in [0.25, 0.3) is 0 Å². The Balaban J connectivity index is 2.61. The van der Waals surface area contributed by atoms with Crippen molar-refractivity contribution in [2.75, 3.05) is 19.0 Å². The minimum absolute atomic E-state index is 0.332. The molecule has 0 fully saturated rings. The number of nitrogens with one attached hydrogen (secondary N) is 1. The number of hydrogen-bond donors (Lipinski definition) is 1. The highest BCUT2D eigenvalue weighted by Gasteiger charge is 2.10. The molecule has 1 atom stereocenters. The van der Waals surface area contributed by atoms with E-state index in [-0.39, 0.29) is 0 Å². The second-order valence-electron chi connectivity index (χ2n) is 4.50. The summed E-state index contributed by atoms with van der Waals surface area (Å²) in [4.78, 5) is 4.34. The normalized spacial score (nSPS) is 13.1. The first kappa shape index (κ1) is 13.0. The van der Waals surface area contributed by atoms with E-state index in [1.54, 1.807) is 7.11 Å². The van der Waals surface area contributed by atoms with Gasteiger partial charge in [0, 0.05) is 26.0 Å². The van der Waals surface area contributed by atoms with Crippen LogP contribution in [0.3, 0.4) is 0 Å². The Morgan fingerprint density at radius 1 is 1.50 bits per heavy atom. The lowest BCUT2D eigenvalue weighted by Crippen LogP contribution is -2.26. The van der Waals surface area contributed by atoms with Crippen LogP contribution in [-0.4, -0.2) is 29.3 Å². The van der Waals surface area contributed by atoms with Gasteiger partial charge >= 0.3 is 0 Å². The molecule has 0 amide bonds. The molecule has 1 aromatic heterocycles. The zero-order valence-electron chi connectivity index (χ0n) is 10.7. The fourth-order valence-corrected chi connectivity index (χ4v) is 1.64. The van der Waals surface area contributed by atoms with Crippen molar-refractivity contribution in [3.8, 4) is 0 Å². The van der Waals surface area contributed by atoms with Crippen LogP contribution in [-0.2, 0) is 11.3 Å². The predicted octanol–water partition coefficient (Wildman–Crippen LogP) is 2.38. The van der Waals surface area contributed by atoms with E-state index in [0.717, 1.165) is 18.9 Å². The van der Waals surface area contributed by atoms with Crippen LogP contribution >= 0.6 is 0 Å². The summed E-state index contributed by atoms with van der Waals surface area (Å²) in [5, 5.41) is 3.41. The maximum absolute atomic E-state index is 5.17. The summed E-state index contributed by atoms with van der Waals surface area (Å²) in [6, 6.07) is 0.332. The van der Waals surface area contributed by atoms with Crippen LogP contribution in [0.15, 0.2) is 12.4 Å². The lowest BCUT2D eigenvalue weighted by Gasteiger charge is -2.18. The first-order chi connectivity index (χ1) is 7.67. The van der Waals surface area contributed by atoms with Crippen molar-refractivity contribution in [1.29, 1.82) is 0 Å². The third-order valence-electron chi connectivity index (χ3n) is 2.47. The van der Waals surface area contributed by atoms with E-state index < -0.39 is 0 Å². The first-order valence-electron chi connectivity index (χ1n) is 5.94. The first-order valence-corrected chi connectivity index (χ1v) is 5.94. The third-order valence-corrected chi connectivity index (χ3v) is 2.47. The van der Waals surface area contributed by atoms with Crippen molar-refractivity contribution in [3.63, 3.8) is 0 Å². The summed E-state index contributed by atoms with van der Waals surface area (Å²) in [5.41, 5.74) is 0. The topological polar surface area (TPSA) is 39.1 Å². The zero-order valence-corrected chi connectivity index (χ0v) is 10.7. The molecule has 0 saturated heterocycles. The van der Waals surface area contributed by atoms with E-state index in [1.165, 1.54) is 0 Å². The second-order valence-corrected chi connectivity index (χ2v) is 4.50. The van der Waals surface area contributed by atoms with E-state index >= 15 is 0 Å². The van der Waals surface area contributed by atoms with Crippen molar-refractivity contribution in [2.45, 2.75) is 39.8 Å². The Kier molecular flexibility index (Phi) is 5.32. The molecular formula is C12H23N3O. The molecule has 1 heterocycles. The lowest BCUT2D eigenvalue weighted by atomic mass is 10.2. The smallest absolute Gasteiger partial charge is 0.203 e. The van der Waals surface area contributed by atoms with E-state index in [0.29, 0.717) is 18.6 Å². The second kappa shape index (κ2) is 6.53. The van der Waals surface area contributed by atoms with E-state index in [9.17, 15) is 0 Å². The third kappa shape index (κ3) is 3.85. The van der Waals surface area contributed by atoms with Crippen LogP contribution in [0.25, 0.3) is 0 Å². The van der Waals surface area contributed by atoms with Gasteiger partial charge in [0.2, 0.25) is 5.95 Å². The number of imidazole rings is 1. The molecule has 4 heteroatoms. The highest BCUT2D eigenvalue weighted by Crippen LogP contribution is 2.10. The SMILES string of the molecule is CCC(COC)Nc1nccn1CC(C)C. The molecule has 0 aliphatic heterocycles. The van der Waals surface area contributed by atoms with Gasteiger partial charge in [-0.25, -0.2) is 4.98 Å². The monoisotopic (exact) mass is 225 g/mol. The summed E-state index contributed by atoms with van der Waals surface area (Å²) in [6.07, 6.45) is 4.88. The minimum Gasteiger partial charge on any atom is -0.383 e. The minimum atomic E-state index is 0.332. The summed E-state index contributed by atoms with van der Waals surface area (Å²) in [5.74, 6) is 1.56. The van der Waals surface area contributed by atoms with Crippen LogP contribution in [0.1, 0.15) is 27.2 Å². The summed E-state index contributed by atoms with van der Waals surface area (Å²) < 4.78 is 7.32. The average molecular weight is 225 g/mol. The molecule has 0 aliphatic rings. The molecular weight excluding hydrogens is 202 g/mol. The molecule has 1 aromatic rings.